The summed E-state index contributed by atoms with van der Waals surface area (Å²) in [6.45, 7) is 8.58. The van der Waals surface area contributed by atoms with E-state index in [1.807, 2.05) is 25.4 Å². The zero-order valence-corrected chi connectivity index (χ0v) is 22.1. The Hall–Kier alpha value is -3.53. The highest BCUT2D eigenvalue weighted by Crippen LogP contribution is 2.28. The maximum atomic E-state index is 12.6. The number of nitrogens with zero attached hydrogens (tertiary/aromatic N) is 6. The fourth-order valence-corrected chi connectivity index (χ4v) is 4.70. The van der Waals surface area contributed by atoms with E-state index in [1.54, 1.807) is 22.2 Å². The SMILES string of the molecule is CCCc1ccc(=O)n(Cc2c(-c3ccc(N4CCOC(CC(=O)OCC)C4)c(CC)n3)nnn2C)c1. The highest BCUT2D eigenvalue weighted by Gasteiger charge is 2.26. The van der Waals surface area contributed by atoms with Gasteiger partial charge in [-0.2, -0.15) is 0 Å². The lowest BCUT2D eigenvalue weighted by atomic mass is 10.1. The lowest BCUT2D eigenvalue weighted by Crippen LogP contribution is -2.44. The van der Waals surface area contributed by atoms with Gasteiger partial charge in [-0.15, -0.1) is 5.10 Å². The van der Waals surface area contributed by atoms with Gasteiger partial charge in [0.05, 0.1) is 55.1 Å². The van der Waals surface area contributed by atoms with Gasteiger partial charge in [0.15, 0.2) is 0 Å². The lowest BCUT2D eigenvalue weighted by molar-refractivity contribution is -0.146. The molecule has 1 unspecified atom stereocenters. The summed E-state index contributed by atoms with van der Waals surface area (Å²) in [6.07, 6.45) is 4.60. The Kier molecular flexibility index (Phi) is 8.70. The Morgan fingerprint density at radius 1 is 1.19 bits per heavy atom. The quantitative estimate of drug-likeness (QED) is 0.385. The van der Waals surface area contributed by atoms with Gasteiger partial charge in [-0.25, -0.2) is 9.67 Å². The van der Waals surface area contributed by atoms with Gasteiger partial charge in [-0.1, -0.05) is 31.5 Å². The molecular formula is C27H36N6O4. The highest BCUT2D eigenvalue weighted by atomic mass is 16.5. The standard InChI is InChI=1S/C27H36N6O4/c1-5-8-19-9-12-25(34)33(16-19)18-24-27(29-30-31(24)4)22-10-11-23(21(6-2)28-22)32-13-14-37-20(17-32)15-26(35)36-7-3/h9-12,16,20H,5-8,13-15,17-18H2,1-4H3. The van der Waals surface area contributed by atoms with Gasteiger partial charge in [-0.3, -0.25) is 9.59 Å². The fourth-order valence-electron chi connectivity index (χ4n) is 4.70. The molecule has 0 saturated carbocycles. The molecule has 0 bridgehead atoms. The third-order valence-electron chi connectivity index (χ3n) is 6.55. The normalized spacial score (nSPS) is 15.7. The van der Waals surface area contributed by atoms with Crippen molar-refractivity contribution >= 4 is 11.7 Å². The van der Waals surface area contributed by atoms with Gasteiger partial charge in [0, 0.05) is 32.4 Å². The Morgan fingerprint density at radius 3 is 2.78 bits per heavy atom. The average Bonchev–Trinajstić information content (AvgIpc) is 3.26. The summed E-state index contributed by atoms with van der Waals surface area (Å²) in [5, 5.41) is 8.64. The van der Waals surface area contributed by atoms with Gasteiger partial charge >= 0.3 is 5.97 Å². The molecule has 1 fully saturated rings. The molecule has 1 aliphatic heterocycles. The van der Waals surface area contributed by atoms with E-state index in [2.05, 4.69) is 35.1 Å². The van der Waals surface area contributed by atoms with Gasteiger partial charge in [-0.05, 0) is 37.5 Å². The smallest absolute Gasteiger partial charge is 0.308 e. The van der Waals surface area contributed by atoms with Crippen molar-refractivity contribution in [1.82, 2.24) is 24.5 Å². The number of morpholine rings is 1. The molecule has 1 saturated heterocycles. The molecule has 0 N–H and O–H groups in total. The van der Waals surface area contributed by atoms with Crippen LogP contribution in [0, 0.1) is 0 Å². The van der Waals surface area contributed by atoms with Crippen molar-refractivity contribution in [3.8, 4) is 11.4 Å². The molecule has 4 rings (SSSR count). The first-order valence-electron chi connectivity index (χ1n) is 13.0. The molecule has 0 spiro atoms. The van der Waals surface area contributed by atoms with E-state index in [4.69, 9.17) is 14.5 Å². The highest BCUT2D eigenvalue weighted by molar-refractivity contribution is 5.70. The second kappa shape index (κ2) is 12.1. The second-order valence-electron chi connectivity index (χ2n) is 9.23. The summed E-state index contributed by atoms with van der Waals surface area (Å²) in [6, 6.07) is 7.52. The first-order chi connectivity index (χ1) is 17.9. The number of aryl methyl sites for hydroxylation is 3. The monoisotopic (exact) mass is 508 g/mol. The zero-order valence-electron chi connectivity index (χ0n) is 22.1. The molecule has 0 aliphatic carbocycles. The Balaban J connectivity index is 1.59. The van der Waals surface area contributed by atoms with Crippen molar-refractivity contribution in [2.45, 2.75) is 59.1 Å². The van der Waals surface area contributed by atoms with Gasteiger partial charge in [0.2, 0.25) is 0 Å². The topological polar surface area (TPSA) is 104 Å². The maximum Gasteiger partial charge on any atom is 0.308 e. The molecule has 10 nitrogen and oxygen atoms in total. The number of esters is 1. The minimum Gasteiger partial charge on any atom is -0.466 e. The second-order valence-corrected chi connectivity index (χ2v) is 9.23. The molecule has 0 aromatic carbocycles. The molecule has 1 atom stereocenters. The number of carbonyl (C=O) groups excluding carboxylic acids is 1. The minimum atomic E-state index is -0.243. The van der Waals surface area contributed by atoms with Gasteiger partial charge < -0.3 is 18.9 Å². The summed E-state index contributed by atoms with van der Waals surface area (Å²) in [5.41, 5.74) is 5.23. The van der Waals surface area contributed by atoms with Crippen LogP contribution in [0.25, 0.3) is 11.4 Å². The Morgan fingerprint density at radius 2 is 2.03 bits per heavy atom. The van der Waals surface area contributed by atoms with Crippen molar-refractivity contribution in [2.75, 3.05) is 31.2 Å². The van der Waals surface area contributed by atoms with Gasteiger partial charge in [0.1, 0.15) is 5.69 Å². The summed E-state index contributed by atoms with van der Waals surface area (Å²) in [4.78, 5) is 31.7. The van der Waals surface area contributed by atoms with Gasteiger partial charge in [0.25, 0.3) is 5.56 Å². The molecule has 1 aliphatic rings. The van der Waals surface area contributed by atoms with Crippen molar-refractivity contribution in [1.29, 1.82) is 0 Å². The summed E-state index contributed by atoms with van der Waals surface area (Å²) in [5.74, 6) is -0.243. The predicted octanol–water partition coefficient (Wildman–Crippen LogP) is 2.76. The van der Waals surface area contributed by atoms with E-state index >= 15 is 0 Å². The molecule has 3 aromatic rings. The molecule has 198 valence electrons. The Labute approximate surface area is 217 Å². The maximum absolute atomic E-state index is 12.6. The summed E-state index contributed by atoms with van der Waals surface area (Å²) < 4.78 is 14.3. The van der Waals surface area contributed by atoms with E-state index in [9.17, 15) is 9.59 Å². The van der Waals surface area contributed by atoms with E-state index in [-0.39, 0.29) is 24.1 Å². The van der Waals surface area contributed by atoms with Crippen LogP contribution >= 0.6 is 0 Å². The molecule has 0 radical (unpaired) electrons. The van der Waals surface area contributed by atoms with Crippen LogP contribution in [-0.2, 0) is 40.7 Å². The molecule has 10 heteroatoms. The number of hydrogen-bond donors (Lipinski definition) is 0. The van der Waals surface area contributed by atoms with Crippen molar-refractivity contribution in [3.05, 3.63) is 57.8 Å². The number of anilines is 1. The van der Waals surface area contributed by atoms with Crippen LogP contribution in [-0.4, -0.2) is 62.9 Å². The number of pyridine rings is 2. The van der Waals surface area contributed by atoms with Crippen LogP contribution < -0.4 is 10.5 Å². The first-order valence-corrected chi connectivity index (χ1v) is 13.0. The molecule has 4 heterocycles. The molecule has 0 amide bonds. The van der Waals surface area contributed by atoms with Crippen LogP contribution in [0.1, 0.15) is 50.6 Å². The molecule has 37 heavy (non-hydrogen) atoms. The molecular weight excluding hydrogens is 472 g/mol. The summed E-state index contributed by atoms with van der Waals surface area (Å²) >= 11 is 0. The summed E-state index contributed by atoms with van der Waals surface area (Å²) in [7, 11) is 1.83. The molecule has 3 aromatic heterocycles. The fraction of sp³-hybridized carbons (Fsp3) is 0.519. The Bertz CT molecular complexity index is 1280. The largest absolute Gasteiger partial charge is 0.466 e. The van der Waals surface area contributed by atoms with E-state index in [0.717, 1.165) is 54.1 Å². The number of rotatable bonds is 10. The van der Waals surface area contributed by atoms with E-state index in [0.29, 0.717) is 32.0 Å². The average molecular weight is 509 g/mol. The van der Waals surface area contributed by atoms with Crippen LogP contribution in [0.5, 0.6) is 0 Å². The third-order valence-corrected chi connectivity index (χ3v) is 6.55. The van der Waals surface area contributed by atoms with Crippen molar-refractivity contribution < 1.29 is 14.3 Å². The first kappa shape index (κ1) is 26.5. The van der Waals surface area contributed by atoms with Crippen LogP contribution in [0.2, 0.25) is 0 Å². The zero-order chi connectivity index (χ0) is 26.4. The van der Waals surface area contributed by atoms with Crippen molar-refractivity contribution in [3.63, 3.8) is 0 Å². The lowest BCUT2D eigenvalue weighted by Gasteiger charge is -2.35. The number of hydrogen-bond acceptors (Lipinski definition) is 8. The van der Waals surface area contributed by atoms with E-state index < -0.39 is 0 Å². The third kappa shape index (κ3) is 6.25. The van der Waals surface area contributed by atoms with Crippen molar-refractivity contribution in [2.24, 2.45) is 7.05 Å². The number of carbonyl (C=O) groups is 1. The van der Waals surface area contributed by atoms with Crippen LogP contribution in [0.15, 0.2) is 35.3 Å². The predicted molar refractivity (Wildman–Crippen MR) is 141 cm³/mol. The van der Waals surface area contributed by atoms with Crippen LogP contribution in [0.4, 0.5) is 5.69 Å². The minimum absolute atomic E-state index is 0.0609. The number of aromatic nitrogens is 5. The number of ether oxygens (including phenoxy) is 2. The van der Waals surface area contributed by atoms with Crippen LogP contribution in [0.3, 0.4) is 0 Å². The van der Waals surface area contributed by atoms with E-state index in [1.165, 1.54) is 0 Å².